The van der Waals surface area contributed by atoms with Gasteiger partial charge in [0.25, 0.3) is 10.1 Å². The molecule has 0 spiro atoms. The number of rotatable bonds is 6. The van der Waals surface area contributed by atoms with E-state index in [1.807, 2.05) is 20.8 Å². The summed E-state index contributed by atoms with van der Waals surface area (Å²) in [7, 11) is -3.33. The molecule has 0 aromatic heterocycles. The molecule has 1 saturated carbocycles. The van der Waals surface area contributed by atoms with Crippen molar-refractivity contribution < 1.29 is 17.0 Å². The highest BCUT2D eigenvalue weighted by atomic mass is 32.2. The molecule has 24 heavy (non-hydrogen) atoms. The Morgan fingerprint density at radius 1 is 1.04 bits per heavy atom. The molecule has 0 radical (unpaired) electrons. The molecule has 1 fully saturated rings. The molecule has 1 aromatic rings. The zero-order valence-corrected chi connectivity index (χ0v) is 18.7. The summed E-state index contributed by atoms with van der Waals surface area (Å²) in [5, 5.41) is 0. The van der Waals surface area contributed by atoms with Gasteiger partial charge in [0.05, 0.1) is 10.5 Å². The SMILES string of the molecule is Cc1ccc(S(=O)(=O)OC(C)(C)C(O[SiH3])(C2CC2)C(C)(C)C)cc1. The average Bonchev–Trinajstić information content (AvgIpc) is 3.22. The van der Waals surface area contributed by atoms with Gasteiger partial charge in [0.2, 0.25) is 0 Å². The van der Waals surface area contributed by atoms with Crippen LogP contribution in [0.3, 0.4) is 0 Å². The molecule has 1 atom stereocenters. The minimum Gasteiger partial charge on any atom is -0.419 e. The van der Waals surface area contributed by atoms with Gasteiger partial charge in [-0.25, -0.2) is 0 Å². The lowest BCUT2D eigenvalue weighted by Gasteiger charge is -2.53. The molecule has 1 aliphatic carbocycles. The Hall–Kier alpha value is -0.693. The Bertz CT molecular complexity index is 685. The summed E-state index contributed by atoms with van der Waals surface area (Å²) in [6.45, 7) is 11.9. The highest BCUT2D eigenvalue weighted by molar-refractivity contribution is 7.86. The summed E-state index contributed by atoms with van der Waals surface area (Å²) >= 11 is 0. The largest absolute Gasteiger partial charge is 0.419 e. The third kappa shape index (κ3) is 3.34. The van der Waals surface area contributed by atoms with Crippen LogP contribution in [0.2, 0.25) is 0 Å². The first-order valence-corrected chi connectivity index (χ1v) is 10.7. The second-order valence-corrected chi connectivity index (χ2v) is 10.3. The van der Waals surface area contributed by atoms with E-state index >= 15 is 0 Å². The van der Waals surface area contributed by atoms with Gasteiger partial charge in [-0.2, -0.15) is 8.42 Å². The number of benzene rings is 1. The fraction of sp³-hybridized carbons (Fsp3) is 0.667. The molecule has 1 unspecified atom stereocenters. The van der Waals surface area contributed by atoms with Crippen molar-refractivity contribution in [2.45, 2.75) is 70.5 Å². The zero-order chi connectivity index (χ0) is 18.4. The van der Waals surface area contributed by atoms with Crippen LogP contribution in [0.1, 0.15) is 53.0 Å². The molecular weight excluding hydrogens is 340 g/mol. The van der Waals surface area contributed by atoms with Crippen LogP contribution in [0, 0.1) is 18.3 Å². The van der Waals surface area contributed by atoms with Crippen LogP contribution in [0.25, 0.3) is 0 Å². The molecule has 1 aliphatic rings. The number of hydrogen-bond acceptors (Lipinski definition) is 4. The van der Waals surface area contributed by atoms with Gasteiger partial charge in [-0.1, -0.05) is 38.5 Å². The molecule has 0 heterocycles. The first kappa shape index (κ1) is 19.6. The minimum absolute atomic E-state index is 0.188. The lowest BCUT2D eigenvalue weighted by molar-refractivity contribution is -0.166. The summed E-state index contributed by atoms with van der Waals surface area (Å²) in [6, 6.07) is 6.76. The predicted octanol–water partition coefficient (Wildman–Crippen LogP) is 2.97. The fourth-order valence-corrected chi connectivity index (χ4v) is 6.98. The van der Waals surface area contributed by atoms with Crippen LogP contribution in [0.4, 0.5) is 0 Å². The van der Waals surface area contributed by atoms with Crippen molar-refractivity contribution in [3.8, 4) is 0 Å². The van der Waals surface area contributed by atoms with Crippen LogP contribution in [-0.2, 0) is 18.7 Å². The lowest BCUT2D eigenvalue weighted by atomic mass is 9.65. The van der Waals surface area contributed by atoms with Crippen LogP contribution in [-0.4, -0.2) is 30.1 Å². The predicted molar refractivity (Wildman–Crippen MR) is 99.5 cm³/mol. The zero-order valence-electron chi connectivity index (χ0n) is 15.8. The van der Waals surface area contributed by atoms with Crippen molar-refractivity contribution in [3.63, 3.8) is 0 Å². The van der Waals surface area contributed by atoms with Gasteiger partial charge >= 0.3 is 0 Å². The maximum atomic E-state index is 12.8. The van der Waals surface area contributed by atoms with Gasteiger partial charge in [0.15, 0.2) is 0 Å². The van der Waals surface area contributed by atoms with E-state index in [9.17, 15) is 8.42 Å². The van der Waals surface area contributed by atoms with E-state index in [4.69, 9.17) is 8.61 Å². The maximum absolute atomic E-state index is 12.8. The van der Waals surface area contributed by atoms with Gasteiger partial charge in [0.1, 0.15) is 16.1 Å². The Morgan fingerprint density at radius 3 is 1.92 bits per heavy atom. The molecule has 0 N–H and O–H groups in total. The second kappa shape index (κ2) is 6.23. The average molecular weight is 371 g/mol. The lowest BCUT2D eigenvalue weighted by Crippen LogP contribution is -2.63. The van der Waals surface area contributed by atoms with Crippen LogP contribution in [0.5, 0.6) is 0 Å². The second-order valence-electron chi connectivity index (χ2n) is 8.32. The van der Waals surface area contributed by atoms with Crippen LogP contribution in [0.15, 0.2) is 29.2 Å². The molecule has 0 saturated heterocycles. The standard InChI is InChI=1S/C18H30O4SSi/c1-13-7-11-15(12-8-13)23(19,20)21-17(5,6)18(22-24,14-9-10-14)16(2,3)4/h7-8,11-12,14H,9-10H2,1-6,24H3. The van der Waals surface area contributed by atoms with Crippen molar-refractivity contribution in [2.24, 2.45) is 11.3 Å². The van der Waals surface area contributed by atoms with Gasteiger partial charge in [-0.05, 0) is 57.1 Å². The quantitative estimate of drug-likeness (QED) is 0.571. The topological polar surface area (TPSA) is 52.6 Å². The van der Waals surface area contributed by atoms with Crippen LogP contribution < -0.4 is 0 Å². The number of aryl methyl sites for hydroxylation is 1. The smallest absolute Gasteiger partial charge is 0.297 e. The summed E-state index contributed by atoms with van der Waals surface area (Å²) in [6.07, 6.45) is 2.10. The van der Waals surface area contributed by atoms with Crippen LogP contribution >= 0.6 is 0 Å². The summed E-state index contributed by atoms with van der Waals surface area (Å²) < 4.78 is 37.6. The van der Waals surface area contributed by atoms with Crippen molar-refractivity contribution in [2.75, 3.05) is 0 Å². The van der Waals surface area contributed by atoms with Gasteiger partial charge in [-0.15, -0.1) is 0 Å². The highest BCUT2D eigenvalue weighted by Gasteiger charge is 2.63. The third-order valence-electron chi connectivity index (χ3n) is 5.11. The van der Waals surface area contributed by atoms with Gasteiger partial charge in [-0.3, -0.25) is 4.18 Å². The Labute approximate surface area is 149 Å². The minimum atomic E-state index is -3.86. The monoisotopic (exact) mass is 370 g/mol. The molecule has 2 rings (SSSR count). The normalized spacial score (nSPS) is 19.2. The first-order chi connectivity index (χ1) is 10.9. The third-order valence-corrected chi connectivity index (χ3v) is 7.24. The summed E-state index contributed by atoms with van der Waals surface area (Å²) in [4.78, 5) is 0.188. The van der Waals surface area contributed by atoms with E-state index in [1.54, 1.807) is 24.3 Å². The Kier molecular flexibility index (Phi) is 5.10. The highest BCUT2D eigenvalue weighted by Crippen LogP contribution is 2.57. The Morgan fingerprint density at radius 2 is 1.54 bits per heavy atom. The van der Waals surface area contributed by atoms with E-state index in [2.05, 4.69) is 20.8 Å². The van der Waals surface area contributed by atoms with Gasteiger partial charge in [0, 0.05) is 0 Å². The molecule has 0 bridgehead atoms. The summed E-state index contributed by atoms with van der Waals surface area (Å²) in [5.74, 6) is 0.332. The fourth-order valence-electron chi connectivity index (χ4n) is 4.30. The van der Waals surface area contributed by atoms with E-state index in [1.165, 1.54) is 0 Å². The Balaban J connectivity index is 2.43. The molecular formula is C18H30O4SSi. The van der Waals surface area contributed by atoms with Gasteiger partial charge < -0.3 is 4.43 Å². The first-order valence-electron chi connectivity index (χ1n) is 8.45. The van der Waals surface area contributed by atoms with Crippen molar-refractivity contribution in [1.29, 1.82) is 0 Å². The molecule has 136 valence electrons. The maximum Gasteiger partial charge on any atom is 0.297 e. The van der Waals surface area contributed by atoms with Crippen molar-refractivity contribution >= 4 is 20.6 Å². The molecule has 1 aromatic carbocycles. The summed E-state index contributed by atoms with van der Waals surface area (Å²) in [5.41, 5.74) is -0.803. The number of hydrogen-bond donors (Lipinski definition) is 0. The van der Waals surface area contributed by atoms with Crippen molar-refractivity contribution in [3.05, 3.63) is 29.8 Å². The molecule has 6 heteroatoms. The molecule has 0 amide bonds. The molecule has 0 aliphatic heterocycles. The van der Waals surface area contributed by atoms with E-state index in [0.717, 1.165) is 18.4 Å². The van der Waals surface area contributed by atoms with Crippen molar-refractivity contribution in [1.82, 2.24) is 0 Å². The van der Waals surface area contributed by atoms with E-state index < -0.39 is 21.3 Å². The molecule has 4 nitrogen and oxygen atoms in total. The van der Waals surface area contributed by atoms with E-state index in [0.29, 0.717) is 16.4 Å². The van der Waals surface area contributed by atoms with E-state index in [-0.39, 0.29) is 10.3 Å².